The third-order valence-corrected chi connectivity index (χ3v) is 3.47. The minimum atomic E-state index is 0. The van der Waals surface area contributed by atoms with Gasteiger partial charge in [0.1, 0.15) is 0 Å². The van der Waals surface area contributed by atoms with E-state index in [9.17, 15) is 4.79 Å². The van der Waals surface area contributed by atoms with Crippen molar-refractivity contribution in [3.05, 3.63) is 0 Å². The minimum absolute atomic E-state index is 0. The molecule has 0 aliphatic carbocycles. The molecule has 2 nitrogen and oxygen atoms in total. The Morgan fingerprint density at radius 3 is 1.39 bits per heavy atom. The summed E-state index contributed by atoms with van der Waals surface area (Å²) in [4.78, 5) is 10.6. The summed E-state index contributed by atoms with van der Waals surface area (Å²) in [6, 6.07) is 0. The molecule has 4 N–H and O–H groups in total. The van der Waals surface area contributed by atoms with Crippen LogP contribution in [0.4, 0.5) is 0 Å². The standard InChI is InChI=1S/C15H30OS.H3N/c1-2-3-4-5-6-7-8-9-10-11-12-13-14-15(16)17;/h2-14H2,1H3,(H,16,17);1H3/p+1. The van der Waals surface area contributed by atoms with Crippen LogP contribution in [0, 0.1) is 0 Å². The predicted octanol–water partition coefficient (Wildman–Crippen LogP) is 5.91. The molecule has 0 aliphatic heterocycles. The van der Waals surface area contributed by atoms with E-state index in [0.29, 0.717) is 6.42 Å². The van der Waals surface area contributed by atoms with Crippen LogP contribution in [-0.2, 0) is 4.79 Å². The van der Waals surface area contributed by atoms with Crippen molar-refractivity contribution in [1.82, 2.24) is 6.15 Å². The van der Waals surface area contributed by atoms with Gasteiger partial charge in [-0.25, -0.2) is 0 Å². The van der Waals surface area contributed by atoms with Crippen molar-refractivity contribution in [3.8, 4) is 0 Å². The van der Waals surface area contributed by atoms with E-state index in [1.165, 1.54) is 70.6 Å². The summed E-state index contributed by atoms with van der Waals surface area (Å²) in [5.74, 6) is 0. The van der Waals surface area contributed by atoms with Gasteiger partial charge in [-0.1, -0.05) is 77.6 Å². The van der Waals surface area contributed by atoms with Crippen LogP contribution in [-0.4, -0.2) is 5.12 Å². The zero-order valence-corrected chi connectivity index (χ0v) is 13.4. The van der Waals surface area contributed by atoms with Crippen molar-refractivity contribution in [1.29, 1.82) is 0 Å². The van der Waals surface area contributed by atoms with Gasteiger partial charge >= 0.3 is 0 Å². The van der Waals surface area contributed by atoms with Gasteiger partial charge in [-0.05, 0) is 6.42 Å². The molecule has 110 valence electrons. The highest BCUT2D eigenvalue weighted by molar-refractivity contribution is 7.96. The zero-order chi connectivity index (χ0) is 12.8. The Kier molecular flexibility index (Phi) is 19.2. The van der Waals surface area contributed by atoms with Gasteiger partial charge in [0.15, 0.2) is 5.12 Å². The molecule has 0 amide bonds. The summed E-state index contributed by atoms with van der Waals surface area (Å²) in [6.07, 6.45) is 16.7. The molecular weight excluding hydrogens is 242 g/mol. The van der Waals surface area contributed by atoms with E-state index >= 15 is 0 Å². The maximum Gasteiger partial charge on any atom is 0.185 e. The summed E-state index contributed by atoms with van der Waals surface area (Å²) in [6.45, 7) is 2.27. The van der Waals surface area contributed by atoms with Crippen molar-refractivity contribution in [2.75, 3.05) is 0 Å². The first kappa shape index (κ1) is 20.3. The molecular formula is C15H34NOS+. The van der Waals surface area contributed by atoms with E-state index in [1.54, 1.807) is 0 Å². The van der Waals surface area contributed by atoms with Crippen molar-refractivity contribution in [3.63, 3.8) is 0 Å². The second kappa shape index (κ2) is 17.0. The third kappa shape index (κ3) is 18.3. The van der Waals surface area contributed by atoms with E-state index in [1.807, 2.05) is 0 Å². The molecule has 0 saturated carbocycles. The maximum atomic E-state index is 10.6. The lowest BCUT2D eigenvalue weighted by Crippen LogP contribution is -1.86. The van der Waals surface area contributed by atoms with Crippen LogP contribution in [0.1, 0.15) is 90.4 Å². The molecule has 0 aromatic rings. The summed E-state index contributed by atoms with van der Waals surface area (Å²) >= 11 is 3.77. The van der Waals surface area contributed by atoms with Crippen LogP contribution in [0.5, 0.6) is 0 Å². The van der Waals surface area contributed by atoms with Gasteiger partial charge in [-0.15, -0.1) is 12.6 Å². The Bertz CT molecular complexity index is 174. The van der Waals surface area contributed by atoms with E-state index in [0.717, 1.165) is 6.42 Å². The molecule has 0 rings (SSSR count). The highest BCUT2D eigenvalue weighted by atomic mass is 32.1. The lowest BCUT2D eigenvalue weighted by molar-refractivity contribution is -0.110. The molecule has 0 fully saturated rings. The zero-order valence-electron chi connectivity index (χ0n) is 12.5. The summed E-state index contributed by atoms with van der Waals surface area (Å²) in [5.41, 5.74) is 0. The van der Waals surface area contributed by atoms with Gasteiger partial charge in [0, 0.05) is 6.42 Å². The molecule has 0 aromatic heterocycles. The number of hydrogen-bond acceptors (Lipinski definition) is 1. The average Bonchev–Trinajstić information content (AvgIpc) is 2.30. The van der Waals surface area contributed by atoms with E-state index in [4.69, 9.17) is 0 Å². The molecule has 0 atom stereocenters. The molecule has 0 saturated heterocycles. The number of unbranched alkanes of at least 4 members (excludes halogenated alkanes) is 11. The molecule has 18 heavy (non-hydrogen) atoms. The molecule has 0 heterocycles. The molecule has 0 aromatic carbocycles. The normalized spacial score (nSPS) is 10.1. The van der Waals surface area contributed by atoms with E-state index < -0.39 is 0 Å². The second-order valence-electron chi connectivity index (χ2n) is 5.03. The van der Waals surface area contributed by atoms with Crippen molar-refractivity contribution in [2.24, 2.45) is 0 Å². The van der Waals surface area contributed by atoms with Crippen molar-refractivity contribution in [2.45, 2.75) is 90.4 Å². The van der Waals surface area contributed by atoms with E-state index in [-0.39, 0.29) is 11.3 Å². The Hall–Kier alpha value is -0.0200. The Morgan fingerprint density at radius 1 is 0.722 bits per heavy atom. The molecule has 0 spiro atoms. The average molecular weight is 277 g/mol. The van der Waals surface area contributed by atoms with Gasteiger partial charge in [0.05, 0.1) is 0 Å². The number of rotatable bonds is 13. The monoisotopic (exact) mass is 276 g/mol. The Balaban J connectivity index is 0. The number of thiol groups is 1. The highest BCUT2D eigenvalue weighted by Gasteiger charge is 1.95. The Labute approximate surface area is 119 Å². The van der Waals surface area contributed by atoms with Crippen LogP contribution < -0.4 is 6.15 Å². The fourth-order valence-corrected chi connectivity index (χ4v) is 2.28. The molecule has 0 bridgehead atoms. The van der Waals surface area contributed by atoms with Crippen LogP contribution in [0.2, 0.25) is 0 Å². The van der Waals surface area contributed by atoms with Gasteiger partial charge in [0.25, 0.3) is 0 Å². The summed E-state index contributed by atoms with van der Waals surface area (Å²) < 4.78 is 0. The van der Waals surface area contributed by atoms with E-state index in [2.05, 4.69) is 19.6 Å². The lowest BCUT2D eigenvalue weighted by Gasteiger charge is -2.02. The molecule has 0 radical (unpaired) electrons. The van der Waals surface area contributed by atoms with Gasteiger partial charge in [0.2, 0.25) is 0 Å². The molecule has 3 heteroatoms. The number of quaternary nitrogens is 1. The van der Waals surface area contributed by atoms with Crippen molar-refractivity contribution < 1.29 is 4.79 Å². The van der Waals surface area contributed by atoms with Crippen LogP contribution in [0.3, 0.4) is 0 Å². The van der Waals surface area contributed by atoms with Crippen LogP contribution >= 0.6 is 12.6 Å². The second-order valence-corrected chi connectivity index (χ2v) is 5.53. The summed E-state index contributed by atoms with van der Waals surface area (Å²) in [5, 5.41) is 0.0390. The van der Waals surface area contributed by atoms with Gasteiger partial charge < -0.3 is 6.15 Å². The smallest absolute Gasteiger partial charge is 0.185 e. The first-order valence-electron chi connectivity index (χ1n) is 7.49. The Morgan fingerprint density at radius 2 is 1.06 bits per heavy atom. The van der Waals surface area contributed by atoms with Gasteiger partial charge in [-0.3, -0.25) is 4.79 Å². The first-order valence-corrected chi connectivity index (χ1v) is 7.94. The number of carbonyl (C=O) groups excluding carboxylic acids is 1. The molecule has 0 aliphatic rings. The van der Waals surface area contributed by atoms with Crippen LogP contribution in [0.25, 0.3) is 0 Å². The summed E-state index contributed by atoms with van der Waals surface area (Å²) in [7, 11) is 0. The number of hydrogen-bond donors (Lipinski definition) is 2. The lowest BCUT2D eigenvalue weighted by atomic mass is 10.0. The maximum absolute atomic E-state index is 10.6. The third-order valence-electron chi connectivity index (χ3n) is 3.24. The largest absolute Gasteiger partial charge is 0.369 e. The molecule has 0 unspecified atom stereocenters. The highest BCUT2D eigenvalue weighted by Crippen LogP contribution is 2.12. The fraction of sp³-hybridized carbons (Fsp3) is 0.933. The van der Waals surface area contributed by atoms with Crippen LogP contribution in [0.15, 0.2) is 0 Å². The fourth-order valence-electron chi connectivity index (χ4n) is 2.12. The quantitative estimate of drug-likeness (QED) is 0.319. The van der Waals surface area contributed by atoms with Crippen molar-refractivity contribution >= 4 is 17.7 Å². The predicted molar refractivity (Wildman–Crippen MR) is 85.7 cm³/mol. The van der Waals surface area contributed by atoms with Gasteiger partial charge in [-0.2, -0.15) is 0 Å². The topological polar surface area (TPSA) is 53.6 Å². The number of carbonyl (C=O) groups is 1. The first-order chi connectivity index (χ1) is 8.27. The SMILES string of the molecule is CCCCCCCCCCCCCCC(=O)S.[NH4+]. The minimum Gasteiger partial charge on any atom is -0.369 e.